The standard InChI is InChI=1S/C14H25N/c1-4-5-9-15-14-8-6-7-13(11-14)10-12(2)3/h1,12-15H,5-11H2,2-3H3. The molecular formula is C14H25N. The lowest BCUT2D eigenvalue weighted by atomic mass is 9.81. The van der Waals surface area contributed by atoms with Crippen molar-refractivity contribution in [2.45, 2.75) is 58.4 Å². The zero-order valence-electron chi connectivity index (χ0n) is 10.3. The molecule has 0 aromatic heterocycles. The summed E-state index contributed by atoms with van der Waals surface area (Å²) in [6.07, 6.45) is 13.1. The van der Waals surface area contributed by atoms with Crippen LogP contribution in [0.5, 0.6) is 0 Å². The Kier molecular flexibility index (Phi) is 5.79. The number of hydrogen-bond donors (Lipinski definition) is 1. The average molecular weight is 207 g/mol. The highest BCUT2D eigenvalue weighted by Crippen LogP contribution is 2.29. The molecule has 15 heavy (non-hydrogen) atoms. The maximum Gasteiger partial charge on any atom is 0.0211 e. The summed E-state index contributed by atoms with van der Waals surface area (Å²) in [4.78, 5) is 0. The Morgan fingerprint density at radius 1 is 1.40 bits per heavy atom. The van der Waals surface area contributed by atoms with E-state index in [9.17, 15) is 0 Å². The van der Waals surface area contributed by atoms with Gasteiger partial charge in [0, 0.05) is 19.0 Å². The minimum atomic E-state index is 0.732. The third-order valence-corrected chi connectivity index (χ3v) is 3.29. The first-order valence-electron chi connectivity index (χ1n) is 6.39. The first-order chi connectivity index (χ1) is 7.22. The van der Waals surface area contributed by atoms with Crippen LogP contribution in [-0.2, 0) is 0 Å². The number of rotatable bonds is 5. The van der Waals surface area contributed by atoms with Crippen molar-refractivity contribution in [2.75, 3.05) is 6.54 Å². The van der Waals surface area contributed by atoms with Crippen molar-refractivity contribution in [3.8, 4) is 12.3 Å². The van der Waals surface area contributed by atoms with Crippen molar-refractivity contribution >= 4 is 0 Å². The summed E-state index contributed by atoms with van der Waals surface area (Å²) in [5.41, 5.74) is 0. The van der Waals surface area contributed by atoms with Crippen LogP contribution < -0.4 is 5.32 Å². The second kappa shape index (κ2) is 6.90. The summed E-state index contributed by atoms with van der Waals surface area (Å²) in [6, 6.07) is 0.732. The highest BCUT2D eigenvalue weighted by atomic mass is 14.9. The molecule has 1 nitrogen and oxygen atoms in total. The fourth-order valence-corrected chi connectivity index (χ4v) is 2.71. The molecule has 0 aliphatic heterocycles. The molecule has 0 aromatic rings. The van der Waals surface area contributed by atoms with Crippen molar-refractivity contribution in [2.24, 2.45) is 11.8 Å². The average Bonchev–Trinajstić information content (AvgIpc) is 2.18. The summed E-state index contributed by atoms with van der Waals surface area (Å²) in [7, 11) is 0. The number of terminal acetylenes is 1. The number of hydrogen-bond acceptors (Lipinski definition) is 1. The lowest BCUT2D eigenvalue weighted by Crippen LogP contribution is -2.35. The van der Waals surface area contributed by atoms with Gasteiger partial charge < -0.3 is 5.32 Å². The molecule has 1 aliphatic carbocycles. The molecule has 2 unspecified atom stereocenters. The van der Waals surface area contributed by atoms with Crippen LogP contribution in [0.1, 0.15) is 52.4 Å². The van der Waals surface area contributed by atoms with Gasteiger partial charge in [0.1, 0.15) is 0 Å². The summed E-state index contributed by atoms with van der Waals surface area (Å²) in [6.45, 7) is 5.65. The van der Waals surface area contributed by atoms with Gasteiger partial charge in [0.25, 0.3) is 0 Å². The van der Waals surface area contributed by atoms with Crippen LogP contribution in [-0.4, -0.2) is 12.6 Å². The first kappa shape index (κ1) is 12.6. The van der Waals surface area contributed by atoms with Crippen molar-refractivity contribution in [1.29, 1.82) is 0 Å². The summed E-state index contributed by atoms with van der Waals surface area (Å²) >= 11 is 0. The Balaban J connectivity index is 2.20. The molecule has 1 fully saturated rings. The van der Waals surface area contributed by atoms with E-state index in [-0.39, 0.29) is 0 Å². The molecular weight excluding hydrogens is 182 g/mol. The molecule has 1 heteroatoms. The predicted molar refractivity (Wildman–Crippen MR) is 66.7 cm³/mol. The molecule has 0 heterocycles. The highest BCUT2D eigenvalue weighted by Gasteiger charge is 2.21. The Hall–Kier alpha value is -0.480. The molecule has 1 rings (SSSR count). The van der Waals surface area contributed by atoms with E-state index in [1.54, 1.807) is 0 Å². The van der Waals surface area contributed by atoms with Gasteiger partial charge >= 0.3 is 0 Å². The topological polar surface area (TPSA) is 12.0 Å². The quantitative estimate of drug-likeness (QED) is 0.539. The van der Waals surface area contributed by atoms with Crippen LogP contribution >= 0.6 is 0 Å². The summed E-state index contributed by atoms with van der Waals surface area (Å²) in [5, 5.41) is 3.58. The molecule has 0 spiro atoms. The van der Waals surface area contributed by atoms with Crippen LogP contribution in [0.3, 0.4) is 0 Å². The van der Waals surface area contributed by atoms with E-state index in [4.69, 9.17) is 6.42 Å². The van der Waals surface area contributed by atoms with Gasteiger partial charge in [-0.25, -0.2) is 0 Å². The lowest BCUT2D eigenvalue weighted by molar-refractivity contribution is 0.254. The van der Waals surface area contributed by atoms with Crippen molar-refractivity contribution < 1.29 is 0 Å². The lowest BCUT2D eigenvalue weighted by Gasteiger charge is -2.30. The van der Waals surface area contributed by atoms with E-state index in [1.165, 1.54) is 32.1 Å². The van der Waals surface area contributed by atoms with E-state index in [0.717, 1.165) is 30.8 Å². The molecule has 0 amide bonds. The molecule has 0 radical (unpaired) electrons. The van der Waals surface area contributed by atoms with Gasteiger partial charge in [-0.05, 0) is 31.1 Å². The van der Waals surface area contributed by atoms with Crippen LogP contribution in [0.2, 0.25) is 0 Å². The molecule has 0 saturated heterocycles. The second-order valence-corrected chi connectivity index (χ2v) is 5.27. The third-order valence-electron chi connectivity index (χ3n) is 3.29. The van der Waals surface area contributed by atoms with Crippen LogP contribution in [0.25, 0.3) is 0 Å². The van der Waals surface area contributed by atoms with Crippen molar-refractivity contribution in [3.05, 3.63) is 0 Å². The van der Waals surface area contributed by atoms with E-state index >= 15 is 0 Å². The second-order valence-electron chi connectivity index (χ2n) is 5.27. The first-order valence-corrected chi connectivity index (χ1v) is 6.39. The molecule has 0 bridgehead atoms. The molecule has 1 aliphatic rings. The van der Waals surface area contributed by atoms with E-state index in [2.05, 4.69) is 25.1 Å². The third kappa shape index (κ3) is 5.23. The fourth-order valence-electron chi connectivity index (χ4n) is 2.71. The smallest absolute Gasteiger partial charge is 0.0211 e. The molecule has 1 N–H and O–H groups in total. The Labute approximate surface area is 95.0 Å². The Morgan fingerprint density at radius 3 is 2.87 bits per heavy atom. The monoisotopic (exact) mass is 207 g/mol. The predicted octanol–water partition coefficient (Wildman–Crippen LogP) is 3.20. The Morgan fingerprint density at radius 2 is 2.20 bits per heavy atom. The van der Waals surface area contributed by atoms with Gasteiger partial charge in [-0.15, -0.1) is 12.3 Å². The van der Waals surface area contributed by atoms with Gasteiger partial charge in [0.15, 0.2) is 0 Å². The number of nitrogens with one attached hydrogen (secondary N) is 1. The normalized spacial score (nSPS) is 26.5. The zero-order valence-corrected chi connectivity index (χ0v) is 10.3. The Bertz CT molecular complexity index is 202. The van der Waals surface area contributed by atoms with Crippen LogP contribution in [0, 0.1) is 24.2 Å². The summed E-state index contributed by atoms with van der Waals surface area (Å²) in [5.74, 6) is 4.48. The van der Waals surface area contributed by atoms with E-state index in [1.807, 2.05) is 0 Å². The SMILES string of the molecule is C#CCCNC1CCCC(CC(C)C)C1. The van der Waals surface area contributed by atoms with E-state index in [0.29, 0.717) is 0 Å². The van der Waals surface area contributed by atoms with Gasteiger partial charge in [0.2, 0.25) is 0 Å². The minimum Gasteiger partial charge on any atom is -0.313 e. The van der Waals surface area contributed by atoms with Gasteiger partial charge in [-0.3, -0.25) is 0 Å². The summed E-state index contributed by atoms with van der Waals surface area (Å²) < 4.78 is 0. The maximum atomic E-state index is 5.25. The maximum absolute atomic E-state index is 5.25. The largest absolute Gasteiger partial charge is 0.313 e. The molecule has 86 valence electrons. The zero-order chi connectivity index (χ0) is 11.1. The minimum absolute atomic E-state index is 0.732. The van der Waals surface area contributed by atoms with Crippen LogP contribution in [0.4, 0.5) is 0 Å². The van der Waals surface area contributed by atoms with Crippen LogP contribution in [0.15, 0.2) is 0 Å². The van der Waals surface area contributed by atoms with Crippen molar-refractivity contribution in [1.82, 2.24) is 5.32 Å². The molecule has 1 saturated carbocycles. The fraction of sp³-hybridized carbons (Fsp3) is 0.857. The van der Waals surface area contributed by atoms with Gasteiger partial charge in [-0.2, -0.15) is 0 Å². The van der Waals surface area contributed by atoms with E-state index < -0.39 is 0 Å². The highest BCUT2D eigenvalue weighted by molar-refractivity contribution is 4.86. The van der Waals surface area contributed by atoms with Gasteiger partial charge in [-0.1, -0.05) is 26.7 Å². The van der Waals surface area contributed by atoms with Crippen molar-refractivity contribution in [3.63, 3.8) is 0 Å². The molecule has 2 atom stereocenters. The molecule has 0 aromatic carbocycles. The van der Waals surface area contributed by atoms with Gasteiger partial charge in [0.05, 0.1) is 0 Å².